The zero-order valence-corrected chi connectivity index (χ0v) is 13.6. The van der Waals surface area contributed by atoms with Crippen LogP contribution in [0.4, 0.5) is 0 Å². The third-order valence-electron chi connectivity index (χ3n) is 3.91. The van der Waals surface area contributed by atoms with Gasteiger partial charge in [-0.25, -0.2) is 0 Å². The third kappa shape index (κ3) is 3.62. The molecule has 0 aliphatic carbocycles. The quantitative estimate of drug-likeness (QED) is 0.836. The molecule has 0 bridgehead atoms. The van der Waals surface area contributed by atoms with Gasteiger partial charge in [0.2, 0.25) is 0 Å². The number of halogens is 1. The molecule has 1 unspecified atom stereocenters. The zero-order chi connectivity index (χ0) is 14.9. The van der Waals surface area contributed by atoms with E-state index in [-0.39, 0.29) is 11.3 Å². The number of benzene rings is 1. The second-order valence-electron chi connectivity index (χ2n) is 7.04. The van der Waals surface area contributed by atoms with Crippen LogP contribution in [0, 0.1) is 11.3 Å². The molecule has 110 valence electrons. The van der Waals surface area contributed by atoms with Crippen LogP contribution < -0.4 is 0 Å². The van der Waals surface area contributed by atoms with E-state index in [0.29, 0.717) is 10.8 Å². The predicted octanol–water partition coefficient (Wildman–Crippen LogP) is 3.99. The summed E-state index contributed by atoms with van der Waals surface area (Å²) in [6.07, 6.45) is 0. The van der Waals surface area contributed by atoms with Crippen LogP contribution in [0.15, 0.2) is 24.3 Å². The standard InChI is InChI=1S/C17H24ClNO/c1-12-9-19(10-12)11-15(16(20)17(2,3)4)13-5-7-14(18)8-6-13/h5-8,12,15H,9-11H2,1-4H3. The van der Waals surface area contributed by atoms with Gasteiger partial charge in [0.1, 0.15) is 5.78 Å². The molecular formula is C17H24ClNO. The largest absolute Gasteiger partial charge is 0.302 e. The number of Topliss-reactive ketones (excluding diaryl/α,β-unsaturated/α-hetero) is 1. The SMILES string of the molecule is CC1CN(CC(C(=O)C(C)(C)C)c2ccc(Cl)cc2)C1. The maximum atomic E-state index is 12.7. The summed E-state index contributed by atoms with van der Waals surface area (Å²) in [5.74, 6) is 1.00. The number of hydrogen-bond acceptors (Lipinski definition) is 2. The maximum Gasteiger partial charge on any atom is 0.146 e. The van der Waals surface area contributed by atoms with E-state index in [4.69, 9.17) is 11.6 Å². The van der Waals surface area contributed by atoms with E-state index >= 15 is 0 Å². The van der Waals surface area contributed by atoms with Crippen molar-refractivity contribution in [1.29, 1.82) is 0 Å². The minimum Gasteiger partial charge on any atom is -0.302 e. The molecule has 1 atom stereocenters. The van der Waals surface area contributed by atoms with Crippen molar-refractivity contribution in [2.24, 2.45) is 11.3 Å². The molecule has 1 aromatic carbocycles. The molecule has 1 saturated heterocycles. The number of nitrogens with zero attached hydrogens (tertiary/aromatic N) is 1. The van der Waals surface area contributed by atoms with Crippen LogP contribution >= 0.6 is 11.6 Å². The summed E-state index contributed by atoms with van der Waals surface area (Å²) in [5, 5.41) is 0.716. The number of hydrogen-bond donors (Lipinski definition) is 0. The fourth-order valence-electron chi connectivity index (χ4n) is 2.79. The lowest BCUT2D eigenvalue weighted by Crippen LogP contribution is -2.48. The average molecular weight is 294 g/mol. The van der Waals surface area contributed by atoms with Crippen molar-refractivity contribution in [2.45, 2.75) is 33.6 Å². The molecule has 1 fully saturated rings. The van der Waals surface area contributed by atoms with Crippen LogP contribution in [0.2, 0.25) is 5.02 Å². The van der Waals surface area contributed by atoms with Gasteiger partial charge < -0.3 is 4.90 Å². The molecule has 0 N–H and O–H groups in total. The van der Waals surface area contributed by atoms with E-state index in [2.05, 4.69) is 11.8 Å². The van der Waals surface area contributed by atoms with Crippen LogP contribution in [0.25, 0.3) is 0 Å². The number of ketones is 1. The summed E-state index contributed by atoms with van der Waals surface area (Å²) in [6.45, 7) is 11.3. The molecule has 0 radical (unpaired) electrons. The molecule has 2 nitrogen and oxygen atoms in total. The summed E-state index contributed by atoms with van der Waals surface area (Å²) in [7, 11) is 0. The van der Waals surface area contributed by atoms with Gasteiger partial charge in [-0.05, 0) is 23.6 Å². The maximum absolute atomic E-state index is 12.7. The summed E-state index contributed by atoms with van der Waals surface area (Å²) >= 11 is 5.95. The average Bonchev–Trinajstić information content (AvgIpc) is 2.32. The highest BCUT2D eigenvalue weighted by Gasteiger charge is 2.34. The first-order valence-corrected chi connectivity index (χ1v) is 7.67. The Kier molecular flexibility index (Phi) is 4.55. The highest BCUT2D eigenvalue weighted by Crippen LogP contribution is 2.30. The molecule has 1 heterocycles. The second kappa shape index (κ2) is 5.87. The van der Waals surface area contributed by atoms with Gasteiger partial charge in [-0.15, -0.1) is 0 Å². The van der Waals surface area contributed by atoms with Gasteiger partial charge in [0.15, 0.2) is 0 Å². The molecular weight excluding hydrogens is 270 g/mol. The highest BCUT2D eigenvalue weighted by atomic mass is 35.5. The molecule has 1 aliphatic heterocycles. The third-order valence-corrected chi connectivity index (χ3v) is 4.16. The molecule has 2 rings (SSSR count). The summed E-state index contributed by atoms with van der Waals surface area (Å²) in [6, 6.07) is 7.72. The first-order valence-electron chi connectivity index (χ1n) is 7.29. The van der Waals surface area contributed by atoms with Crippen molar-refractivity contribution in [3.05, 3.63) is 34.9 Å². The van der Waals surface area contributed by atoms with Crippen LogP contribution in [0.3, 0.4) is 0 Å². The van der Waals surface area contributed by atoms with Gasteiger partial charge in [-0.2, -0.15) is 0 Å². The fraction of sp³-hybridized carbons (Fsp3) is 0.588. The minimum atomic E-state index is -0.319. The van der Waals surface area contributed by atoms with Crippen molar-refractivity contribution in [1.82, 2.24) is 4.90 Å². The molecule has 0 spiro atoms. The van der Waals surface area contributed by atoms with E-state index < -0.39 is 0 Å². The summed E-state index contributed by atoms with van der Waals surface area (Å²) < 4.78 is 0. The summed E-state index contributed by atoms with van der Waals surface area (Å²) in [5.41, 5.74) is 0.759. The van der Waals surface area contributed by atoms with Gasteiger partial charge >= 0.3 is 0 Å². The van der Waals surface area contributed by atoms with Gasteiger partial charge in [0.05, 0.1) is 5.92 Å². The number of carbonyl (C=O) groups is 1. The molecule has 0 aromatic heterocycles. The van der Waals surface area contributed by atoms with E-state index in [1.807, 2.05) is 45.0 Å². The fourth-order valence-corrected chi connectivity index (χ4v) is 2.92. The van der Waals surface area contributed by atoms with E-state index in [1.54, 1.807) is 0 Å². The Balaban J connectivity index is 2.19. The number of rotatable bonds is 4. The van der Waals surface area contributed by atoms with Gasteiger partial charge in [-0.3, -0.25) is 4.79 Å². The Labute approximate surface area is 127 Å². The normalized spacial score (nSPS) is 18.6. The van der Waals surface area contributed by atoms with Gasteiger partial charge in [-0.1, -0.05) is 51.4 Å². The molecule has 3 heteroatoms. The first kappa shape index (κ1) is 15.5. The van der Waals surface area contributed by atoms with Crippen LogP contribution in [-0.2, 0) is 4.79 Å². The van der Waals surface area contributed by atoms with Crippen molar-refractivity contribution >= 4 is 17.4 Å². The minimum absolute atomic E-state index is 0.0558. The van der Waals surface area contributed by atoms with Crippen molar-refractivity contribution < 1.29 is 4.79 Å². The monoisotopic (exact) mass is 293 g/mol. The lowest BCUT2D eigenvalue weighted by atomic mass is 9.79. The molecule has 0 saturated carbocycles. The Hall–Kier alpha value is -0.860. The van der Waals surface area contributed by atoms with Crippen molar-refractivity contribution in [2.75, 3.05) is 19.6 Å². The molecule has 1 aromatic rings. The number of likely N-dealkylation sites (tertiary alicyclic amines) is 1. The predicted molar refractivity (Wildman–Crippen MR) is 84.3 cm³/mol. The molecule has 1 aliphatic rings. The molecule has 20 heavy (non-hydrogen) atoms. The van der Waals surface area contributed by atoms with Crippen molar-refractivity contribution in [3.63, 3.8) is 0 Å². The topological polar surface area (TPSA) is 20.3 Å². The number of carbonyl (C=O) groups excluding carboxylic acids is 1. The lowest BCUT2D eigenvalue weighted by molar-refractivity contribution is -0.128. The van der Waals surface area contributed by atoms with E-state index in [9.17, 15) is 4.79 Å². The Morgan fingerprint density at radius 2 is 1.85 bits per heavy atom. The first-order chi connectivity index (χ1) is 9.27. The smallest absolute Gasteiger partial charge is 0.146 e. The zero-order valence-electron chi connectivity index (χ0n) is 12.8. The van der Waals surface area contributed by atoms with Crippen LogP contribution in [0.1, 0.15) is 39.2 Å². The van der Waals surface area contributed by atoms with Crippen LogP contribution in [0.5, 0.6) is 0 Å². The Bertz CT molecular complexity index is 469. The Morgan fingerprint density at radius 3 is 2.30 bits per heavy atom. The molecule has 0 amide bonds. The summed E-state index contributed by atoms with van der Waals surface area (Å²) in [4.78, 5) is 15.1. The van der Waals surface area contributed by atoms with E-state index in [1.165, 1.54) is 0 Å². The van der Waals surface area contributed by atoms with Gasteiger partial charge in [0, 0.05) is 30.1 Å². The van der Waals surface area contributed by atoms with Crippen molar-refractivity contribution in [3.8, 4) is 0 Å². The second-order valence-corrected chi connectivity index (χ2v) is 7.48. The lowest BCUT2D eigenvalue weighted by Gasteiger charge is -2.40. The highest BCUT2D eigenvalue weighted by molar-refractivity contribution is 6.30. The van der Waals surface area contributed by atoms with Gasteiger partial charge in [0.25, 0.3) is 0 Å². The Morgan fingerprint density at radius 1 is 1.30 bits per heavy atom. The van der Waals surface area contributed by atoms with Crippen LogP contribution in [-0.4, -0.2) is 30.3 Å². The van der Waals surface area contributed by atoms with E-state index in [0.717, 1.165) is 31.1 Å².